The molecular formula is C22H31BF2N2O5. The Bertz CT molecular complexity index is 900. The molecule has 0 radical (unpaired) electrons. The maximum absolute atomic E-state index is 14.9. The van der Waals surface area contributed by atoms with Gasteiger partial charge in [-0.25, -0.2) is 13.6 Å². The SMILES string of the molecule is CC(C)(C)OC(=O)N[C@H]1CCN(C(=O)c2cc(F)c(B3OC(C)(C)C(C)(C)O3)cc2F)C1. The third kappa shape index (κ3) is 5.06. The summed E-state index contributed by atoms with van der Waals surface area (Å²) in [7, 11) is -1.08. The van der Waals surface area contributed by atoms with E-state index in [-0.39, 0.29) is 23.6 Å². The second-order valence-electron chi connectivity index (χ2n) is 10.3. The lowest BCUT2D eigenvalue weighted by atomic mass is 9.78. The third-order valence-corrected chi connectivity index (χ3v) is 6.02. The van der Waals surface area contributed by atoms with E-state index in [1.165, 1.54) is 4.90 Å². The van der Waals surface area contributed by atoms with Gasteiger partial charge in [-0.3, -0.25) is 4.79 Å². The van der Waals surface area contributed by atoms with Crippen molar-refractivity contribution in [2.45, 2.75) is 77.7 Å². The molecule has 2 saturated heterocycles. The quantitative estimate of drug-likeness (QED) is 0.714. The number of amides is 2. The Labute approximate surface area is 187 Å². The van der Waals surface area contributed by atoms with Crippen LogP contribution in [-0.2, 0) is 14.0 Å². The largest absolute Gasteiger partial charge is 0.497 e. The molecule has 2 heterocycles. The number of rotatable bonds is 3. The highest BCUT2D eigenvalue weighted by atomic mass is 19.1. The van der Waals surface area contributed by atoms with Crippen molar-refractivity contribution < 1.29 is 32.4 Å². The van der Waals surface area contributed by atoms with Crippen LogP contribution in [0, 0.1) is 11.6 Å². The van der Waals surface area contributed by atoms with Gasteiger partial charge in [-0.05, 0) is 67.0 Å². The lowest BCUT2D eigenvalue weighted by Gasteiger charge is -2.32. The zero-order valence-corrected chi connectivity index (χ0v) is 19.7. The van der Waals surface area contributed by atoms with Gasteiger partial charge in [0, 0.05) is 18.6 Å². The zero-order valence-electron chi connectivity index (χ0n) is 19.7. The molecule has 0 aromatic heterocycles. The van der Waals surface area contributed by atoms with Crippen LogP contribution in [0.5, 0.6) is 0 Å². The molecule has 1 atom stereocenters. The van der Waals surface area contributed by atoms with E-state index in [4.69, 9.17) is 14.0 Å². The molecule has 1 aromatic rings. The van der Waals surface area contributed by atoms with Crippen LogP contribution < -0.4 is 10.8 Å². The molecule has 176 valence electrons. The molecule has 7 nitrogen and oxygen atoms in total. The van der Waals surface area contributed by atoms with Crippen LogP contribution in [0.3, 0.4) is 0 Å². The van der Waals surface area contributed by atoms with Gasteiger partial charge < -0.3 is 24.3 Å². The number of hydrogen-bond donors (Lipinski definition) is 1. The summed E-state index contributed by atoms with van der Waals surface area (Å²) in [5.74, 6) is -2.28. The van der Waals surface area contributed by atoms with Crippen molar-refractivity contribution in [3.8, 4) is 0 Å². The van der Waals surface area contributed by atoms with Crippen molar-refractivity contribution in [1.29, 1.82) is 0 Å². The molecule has 3 rings (SSSR count). The number of nitrogens with zero attached hydrogens (tertiary/aromatic N) is 1. The topological polar surface area (TPSA) is 77.1 Å². The molecule has 1 aromatic carbocycles. The molecule has 32 heavy (non-hydrogen) atoms. The number of nitrogens with one attached hydrogen (secondary N) is 1. The fraction of sp³-hybridized carbons (Fsp3) is 0.636. The number of hydrogen-bond acceptors (Lipinski definition) is 5. The van der Waals surface area contributed by atoms with Crippen molar-refractivity contribution in [1.82, 2.24) is 10.2 Å². The van der Waals surface area contributed by atoms with Crippen molar-refractivity contribution in [2.75, 3.05) is 13.1 Å². The summed E-state index contributed by atoms with van der Waals surface area (Å²) in [4.78, 5) is 26.2. The van der Waals surface area contributed by atoms with Crippen molar-refractivity contribution >= 4 is 24.6 Å². The lowest BCUT2D eigenvalue weighted by Crippen LogP contribution is -2.41. The molecule has 2 aliphatic heterocycles. The Morgan fingerprint density at radius 1 is 1.12 bits per heavy atom. The molecule has 0 spiro atoms. The Morgan fingerprint density at radius 2 is 1.72 bits per heavy atom. The van der Waals surface area contributed by atoms with Crippen LogP contribution in [0.1, 0.15) is 65.2 Å². The van der Waals surface area contributed by atoms with E-state index < -0.39 is 47.6 Å². The fourth-order valence-electron chi connectivity index (χ4n) is 3.58. The molecule has 2 aliphatic rings. The van der Waals surface area contributed by atoms with Crippen LogP contribution in [0.25, 0.3) is 0 Å². The molecule has 2 fully saturated rings. The van der Waals surface area contributed by atoms with E-state index in [9.17, 15) is 18.4 Å². The summed E-state index contributed by atoms with van der Waals surface area (Å²) < 4.78 is 46.5. The summed E-state index contributed by atoms with van der Waals surface area (Å²) in [6.07, 6.45) is -0.0954. The van der Waals surface area contributed by atoms with Crippen LogP contribution in [0.15, 0.2) is 12.1 Å². The highest BCUT2D eigenvalue weighted by molar-refractivity contribution is 6.62. The van der Waals surface area contributed by atoms with Crippen molar-refractivity contribution in [3.05, 3.63) is 29.3 Å². The molecule has 1 N–H and O–H groups in total. The minimum atomic E-state index is -1.08. The smallest absolute Gasteiger partial charge is 0.444 e. The van der Waals surface area contributed by atoms with E-state index in [1.54, 1.807) is 20.8 Å². The van der Waals surface area contributed by atoms with Crippen LogP contribution in [0.4, 0.5) is 13.6 Å². The second-order valence-corrected chi connectivity index (χ2v) is 10.3. The first-order chi connectivity index (χ1) is 14.6. The number of likely N-dealkylation sites (tertiary alicyclic amines) is 1. The maximum atomic E-state index is 14.9. The number of alkyl carbamates (subject to hydrolysis) is 1. The second kappa shape index (κ2) is 8.30. The van der Waals surface area contributed by atoms with Gasteiger partial charge in [-0.1, -0.05) is 0 Å². The molecule has 0 aliphatic carbocycles. The first kappa shape index (κ1) is 24.4. The monoisotopic (exact) mass is 452 g/mol. The number of halogens is 2. The van der Waals surface area contributed by atoms with Gasteiger partial charge in [-0.15, -0.1) is 0 Å². The molecule has 10 heteroatoms. The van der Waals surface area contributed by atoms with Gasteiger partial charge in [0.05, 0.1) is 22.8 Å². The summed E-state index contributed by atoms with van der Waals surface area (Å²) >= 11 is 0. The highest BCUT2D eigenvalue weighted by Crippen LogP contribution is 2.36. The van der Waals surface area contributed by atoms with E-state index in [2.05, 4.69) is 5.32 Å². The van der Waals surface area contributed by atoms with E-state index >= 15 is 0 Å². The van der Waals surface area contributed by atoms with Gasteiger partial charge >= 0.3 is 13.2 Å². The Morgan fingerprint density at radius 3 is 2.28 bits per heavy atom. The lowest BCUT2D eigenvalue weighted by molar-refractivity contribution is 0.00578. The highest BCUT2D eigenvalue weighted by Gasteiger charge is 2.52. The van der Waals surface area contributed by atoms with E-state index in [0.717, 1.165) is 12.1 Å². The Kier molecular flexibility index (Phi) is 6.34. The standard InChI is InChI=1S/C22H31BF2N2O5/c1-20(2,3)30-19(29)26-13-8-9-27(12-13)18(28)14-10-17(25)15(11-16(14)24)23-31-21(4,5)22(6,7)32-23/h10-11,13H,8-9,12H2,1-7H3,(H,26,29)/t13-/m0/s1. The average Bonchev–Trinajstić information content (AvgIpc) is 3.16. The predicted octanol–water partition coefficient (Wildman–Crippen LogP) is 3.00. The van der Waals surface area contributed by atoms with Gasteiger partial charge in [0.2, 0.25) is 0 Å². The molecule has 0 unspecified atom stereocenters. The van der Waals surface area contributed by atoms with Crippen LogP contribution in [0.2, 0.25) is 0 Å². The minimum Gasteiger partial charge on any atom is -0.444 e. The van der Waals surface area contributed by atoms with Crippen LogP contribution in [-0.4, -0.2) is 60.0 Å². The van der Waals surface area contributed by atoms with Crippen molar-refractivity contribution in [2.24, 2.45) is 0 Å². The Balaban J connectivity index is 1.70. The van der Waals surface area contributed by atoms with Gasteiger partial charge in [0.15, 0.2) is 0 Å². The third-order valence-electron chi connectivity index (χ3n) is 6.02. The maximum Gasteiger partial charge on any atom is 0.497 e. The molecule has 0 bridgehead atoms. The fourth-order valence-corrected chi connectivity index (χ4v) is 3.58. The van der Waals surface area contributed by atoms with Crippen LogP contribution >= 0.6 is 0 Å². The predicted molar refractivity (Wildman–Crippen MR) is 116 cm³/mol. The summed E-state index contributed by atoms with van der Waals surface area (Å²) in [5.41, 5.74) is -2.52. The summed E-state index contributed by atoms with van der Waals surface area (Å²) in [6.45, 7) is 13.0. The van der Waals surface area contributed by atoms with Gasteiger partial charge in [0.25, 0.3) is 5.91 Å². The molecule has 2 amide bonds. The first-order valence-electron chi connectivity index (χ1n) is 10.7. The number of benzene rings is 1. The zero-order chi connectivity index (χ0) is 24.1. The minimum absolute atomic E-state index is 0.0939. The summed E-state index contributed by atoms with van der Waals surface area (Å²) in [6, 6.07) is 1.51. The van der Waals surface area contributed by atoms with Gasteiger partial charge in [0.1, 0.15) is 17.2 Å². The number of carbonyl (C=O) groups excluding carboxylic acids is 2. The van der Waals surface area contributed by atoms with E-state index in [0.29, 0.717) is 13.0 Å². The first-order valence-corrected chi connectivity index (χ1v) is 10.7. The summed E-state index contributed by atoms with van der Waals surface area (Å²) in [5, 5.41) is 2.70. The van der Waals surface area contributed by atoms with E-state index in [1.807, 2.05) is 27.7 Å². The normalized spacial score (nSPS) is 22.2. The van der Waals surface area contributed by atoms with Gasteiger partial charge in [-0.2, -0.15) is 0 Å². The van der Waals surface area contributed by atoms with Crippen molar-refractivity contribution in [3.63, 3.8) is 0 Å². The Hall–Kier alpha value is -2.20. The molecular weight excluding hydrogens is 421 g/mol. The molecule has 0 saturated carbocycles. The number of carbonyl (C=O) groups is 2. The average molecular weight is 452 g/mol. The number of ether oxygens (including phenoxy) is 1.